The number of fused-ring (bicyclic) bond motifs is 1. The lowest BCUT2D eigenvalue weighted by atomic mass is 10.1. The molecule has 2 N–H and O–H groups in total. The maximum atomic E-state index is 11.7. The Morgan fingerprint density at radius 1 is 1.42 bits per heavy atom. The molecule has 1 aromatic carbocycles. The molecule has 0 heterocycles. The summed E-state index contributed by atoms with van der Waals surface area (Å²) in [5, 5.41) is 6.22. The zero-order valence-corrected chi connectivity index (χ0v) is 11.4. The summed E-state index contributed by atoms with van der Waals surface area (Å²) in [4.78, 5) is 11.7. The second kappa shape index (κ2) is 7.26. The van der Waals surface area contributed by atoms with Crippen LogP contribution in [0.25, 0.3) is 0 Å². The van der Waals surface area contributed by atoms with E-state index in [2.05, 4.69) is 34.9 Å². The minimum atomic E-state index is 0.0560. The van der Waals surface area contributed by atoms with Gasteiger partial charge in [0.25, 0.3) is 0 Å². The molecule has 4 nitrogen and oxygen atoms in total. The Kier molecular flexibility index (Phi) is 5.36. The van der Waals surface area contributed by atoms with Crippen molar-refractivity contribution in [2.24, 2.45) is 0 Å². The van der Waals surface area contributed by atoms with E-state index in [0.29, 0.717) is 25.7 Å². The van der Waals surface area contributed by atoms with E-state index in [1.54, 1.807) is 7.11 Å². The quantitative estimate of drug-likeness (QED) is 0.731. The van der Waals surface area contributed by atoms with E-state index in [9.17, 15) is 4.79 Å². The van der Waals surface area contributed by atoms with E-state index in [1.165, 1.54) is 11.1 Å². The largest absolute Gasteiger partial charge is 0.385 e. The molecule has 104 valence electrons. The third-order valence-electron chi connectivity index (χ3n) is 3.49. The Balaban J connectivity index is 1.70. The number of rotatable bonds is 7. The van der Waals surface area contributed by atoms with Gasteiger partial charge in [-0.05, 0) is 30.4 Å². The lowest BCUT2D eigenvalue weighted by molar-refractivity contribution is -0.120. The third kappa shape index (κ3) is 4.04. The van der Waals surface area contributed by atoms with E-state index < -0.39 is 0 Å². The molecular formula is C15H22N2O2. The molecule has 0 spiro atoms. The molecule has 2 rings (SSSR count). The number of benzene rings is 1. The van der Waals surface area contributed by atoms with Crippen LogP contribution in [0.4, 0.5) is 0 Å². The van der Waals surface area contributed by atoms with Crippen molar-refractivity contribution < 1.29 is 9.53 Å². The standard InChI is InChI=1S/C15H22N2O2/c1-19-10-4-9-16-15(18)11-17-14-8-7-12-5-2-3-6-13(12)14/h2-3,5-6,14,17H,4,7-11H2,1H3,(H,16,18). The summed E-state index contributed by atoms with van der Waals surface area (Å²) in [6, 6.07) is 8.77. The van der Waals surface area contributed by atoms with Crippen LogP contribution < -0.4 is 10.6 Å². The average molecular weight is 262 g/mol. The smallest absolute Gasteiger partial charge is 0.233 e. The molecule has 1 amide bonds. The van der Waals surface area contributed by atoms with E-state index in [1.807, 2.05) is 0 Å². The summed E-state index contributed by atoms with van der Waals surface area (Å²) < 4.78 is 4.94. The molecule has 0 aliphatic heterocycles. The van der Waals surface area contributed by atoms with Crippen LogP contribution in [0, 0.1) is 0 Å². The van der Waals surface area contributed by atoms with Gasteiger partial charge < -0.3 is 15.4 Å². The average Bonchev–Trinajstić information content (AvgIpc) is 2.85. The zero-order chi connectivity index (χ0) is 13.5. The summed E-state index contributed by atoms with van der Waals surface area (Å²) >= 11 is 0. The lowest BCUT2D eigenvalue weighted by Crippen LogP contribution is -2.35. The molecular weight excluding hydrogens is 240 g/mol. The van der Waals surface area contributed by atoms with Gasteiger partial charge in [-0.15, -0.1) is 0 Å². The fourth-order valence-corrected chi connectivity index (χ4v) is 2.49. The highest BCUT2D eigenvalue weighted by atomic mass is 16.5. The number of carbonyl (C=O) groups is 1. The van der Waals surface area contributed by atoms with Crippen LogP contribution >= 0.6 is 0 Å². The minimum absolute atomic E-state index is 0.0560. The van der Waals surface area contributed by atoms with Gasteiger partial charge >= 0.3 is 0 Å². The van der Waals surface area contributed by atoms with E-state index >= 15 is 0 Å². The van der Waals surface area contributed by atoms with Gasteiger partial charge in [-0.2, -0.15) is 0 Å². The Morgan fingerprint density at radius 3 is 3.11 bits per heavy atom. The summed E-state index contributed by atoms with van der Waals surface area (Å²) in [7, 11) is 1.67. The van der Waals surface area contributed by atoms with Crippen molar-refractivity contribution in [3.8, 4) is 0 Å². The van der Waals surface area contributed by atoms with Gasteiger partial charge in [0.15, 0.2) is 0 Å². The summed E-state index contributed by atoms with van der Waals surface area (Å²) in [5.74, 6) is 0.0560. The zero-order valence-electron chi connectivity index (χ0n) is 11.4. The SMILES string of the molecule is COCCCNC(=O)CNC1CCc2ccccc21. The van der Waals surface area contributed by atoms with Crippen molar-refractivity contribution in [1.82, 2.24) is 10.6 Å². The van der Waals surface area contributed by atoms with Gasteiger partial charge in [0, 0.05) is 26.3 Å². The van der Waals surface area contributed by atoms with E-state index in [0.717, 1.165) is 19.3 Å². The van der Waals surface area contributed by atoms with Gasteiger partial charge in [0.1, 0.15) is 0 Å². The van der Waals surface area contributed by atoms with Crippen molar-refractivity contribution in [2.45, 2.75) is 25.3 Å². The molecule has 1 aromatic rings. The molecule has 1 unspecified atom stereocenters. The van der Waals surface area contributed by atoms with Crippen LogP contribution in [0.3, 0.4) is 0 Å². The molecule has 1 aliphatic carbocycles. The van der Waals surface area contributed by atoms with Gasteiger partial charge in [-0.25, -0.2) is 0 Å². The second-order valence-electron chi connectivity index (χ2n) is 4.87. The molecule has 0 saturated heterocycles. The number of aryl methyl sites for hydroxylation is 1. The van der Waals surface area contributed by atoms with Crippen LogP contribution in [0.2, 0.25) is 0 Å². The van der Waals surface area contributed by atoms with Gasteiger partial charge in [-0.1, -0.05) is 24.3 Å². The van der Waals surface area contributed by atoms with Crippen molar-refractivity contribution in [2.75, 3.05) is 26.8 Å². The fraction of sp³-hybridized carbons (Fsp3) is 0.533. The number of ether oxygens (including phenoxy) is 1. The van der Waals surface area contributed by atoms with Crippen molar-refractivity contribution in [3.63, 3.8) is 0 Å². The second-order valence-corrected chi connectivity index (χ2v) is 4.87. The summed E-state index contributed by atoms with van der Waals surface area (Å²) in [6.45, 7) is 1.74. The summed E-state index contributed by atoms with van der Waals surface area (Å²) in [6.07, 6.45) is 3.04. The highest BCUT2D eigenvalue weighted by molar-refractivity contribution is 5.78. The number of carbonyl (C=O) groups excluding carboxylic acids is 1. The number of amides is 1. The maximum Gasteiger partial charge on any atom is 0.233 e. The number of nitrogens with one attached hydrogen (secondary N) is 2. The summed E-state index contributed by atoms with van der Waals surface area (Å²) in [5.41, 5.74) is 2.75. The van der Waals surface area contributed by atoms with Crippen LogP contribution in [-0.2, 0) is 16.0 Å². The van der Waals surface area contributed by atoms with Crippen molar-refractivity contribution >= 4 is 5.91 Å². The number of hydrogen-bond donors (Lipinski definition) is 2. The van der Waals surface area contributed by atoms with Crippen LogP contribution in [0.1, 0.15) is 30.0 Å². The monoisotopic (exact) mass is 262 g/mol. The lowest BCUT2D eigenvalue weighted by Gasteiger charge is -2.13. The van der Waals surface area contributed by atoms with Crippen molar-refractivity contribution in [3.05, 3.63) is 35.4 Å². The maximum absolute atomic E-state index is 11.7. The van der Waals surface area contributed by atoms with Crippen molar-refractivity contribution in [1.29, 1.82) is 0 Å². The molecule has 0 bridgehead atoms. The minimum Gasteiger partial charge on any atom is -0.385 e. The van der Waals surface area contributed by atoms with Gasteiger partial charge in [-0.3, -0.25) is 4.79 Å². The van der Waals surface area contributed by atoms with Crippen LogP contribution in [-0.4, -0.2) is 32.7 Å². The first-order valence-electron chi connectivity index (χ1n) is 6.88. The molecule has 0 radical (unpaired) electrons. The third-order valence-corrected chi connectivity index (χ3v) is 3.49. The Labute approximate surface area is 114 Å². The van der Waals surface area contributed by atoms with E-state index in [4.69, 9.17) is 4.74 Å². The number of methoxy groups -OCH3 is 1. The highest BCUT2D eigenvalue weighted by Crippen LogP contribution is 2.30. The van der Waals surface area contributed by atoms with E-state index in [-0.39, 0.29) is 5.91 Å². The van der Waals surface area contributed by atoms with Crippen LogP contribution in [0.5, 0.6) is 0 Å². The molecule has 1 atom stereocenters. The first-order valence-corrected chi connectivity index (χ1v) is 6.88. The molecule has 4 heteroatoms. The molecule has 0 fully saturated rings. The normalized spacial score (nSPS) is 17.2. The predicted molar refractivity (Wildman–Crippen MR) is 75.0 cm³/mol. The molecule has 1 aliphatic rings. The van der Waals surface area contributed by atoms with Gasteiger partial charge in [0.2, 0.25) is 5.91 Å². The topological polar surface area (TPSA) is 50.4 Å². The Bertz CT molecular complexity index is 420. The molecule has 19 heavy (non-hydrogen) atoms. The molecule has 0 saturated carbocycles. The van der Waals surface area contributed by atoms with Crippen LogP contribution in [0.15, 0.2) is 24.3 Å². The predicted octanol–water partition coefficient (Wildman–Crippen LogP) is 1.42. The van der Waals surface area contributed by atoms with Gasteiger partial charge in [0.05, 0.1) is 6.54 Å². The Morgan fingerprint density at radius 2 is 2.26 bits per heavy atom. The first kappa shape index (κ1) is 14.0. The molecule has 0 aromatic heterocycles. The highest BCUT2D eigenvalue weighted by Gasteiger charge is 2.21. The Hall–Kier alpha value is -1.39. The number of hydrogen-bond acceptors (Lipinski definition) is 3. The fourth-order valence-electron chi connectivity index (χ4n) is 2.49. The first-order chi connectivity index (χ1) is 9.31.